The molecule has 128 valence electrons. The van der Waals surface area contributed by atoms with Crippen LogP contribution in [0, 0.1) is 10.1 Å². The molecule has 25 heavy (non-hydrogen) atoms. The lowest BCUT2D eigenvalue weighted by Crippen LogP contribution is -2.32. The molecule has 1 amide bonds. The summed E-state index contributed by atoms with van der Waals surface area (Å²) in [6.07, 6.45) is 1.78. The molecule has 2 aromatic carbocycles. The number of aromatic nitrogens is 1. The van der Waals surface area contributed by atoms with Gasteiger partial charge in [-0.25, -0.2) is 4.72 Å². The molecule has 0 unspecified atom stereocenters. The zero-order valence-electron chi connectivity index (χ0n) is 13.4. The van der Waals surface area contributed by atoms with Crippen LogP contribution in [0.15, 0.2) is 59.6 Å². The summed E-state index contributed by atoms with van der Waals surface area (Å²) in [4.78, 5) is 26.6. The molecule has 0 spiro atoms. The Balaban J connectivity index is 1.91. The summed E-state index contributed by atoms with van der Waals surface area (Å²) < 4.78 is 3.06. The van der Waals surface area contributed by atoms with Crippen LogP contribution < -0.4 is 10.0 Å². The second-order valence-corrected chi connectivity index (χ2v) is 6.16. The number of likely N-dealkylation sites (N-methyl/N-ethyl adjacent to an activating group) is 1. The summed E-state index contributed by atoms with van der Waals surface area (Å²) >= 11 is 1.07. The van der Waals surface area contributed by atoms with Gasteiger partial charge in [0.25, 0.3) is 5.69 Å². The highest BCUT2D eigenvalue weighted by Crippen LogP contribution is 2.31. The van der Waals surface area contributed by atoms with E-state index in [1.807, 2.05) is 24.3 Å². The number of aromatic amines is 1. The fraction of sp³-hybridized carbons (Fsp3) is 0.118. The van der Waals surface area contributed by atoms with Gasteiger partial charge in [0.1, 0.15) is 10.9 Å². The number of hydrogen-bond acceptors (Lipinski definition) is 5. The molecule has 0 aliphatic rings. The molecule has 0 saturated carbocycles. The van der Waals surface area contributed by atoms with E-state index in [4.69, 9.17) is 0 Å². The number of carbonyl (C=O) groups excluding carboxylic acids is 1. The van der Waals surface area contributed by atoms with Crippen molar-refractivity contribution < 1.29 is 9.72 Å². The highest BCUT2D eigenvalue weighted by Gasteiger charge is 2.24. The number of carbonyl (C=O) groups is 1. The van der Waals surface area contributed by atoms with Crippen LogP contribution >= 0.6 is 11.9 Å². The van der Waals surface area contributed by atoms with Gasteiger partial charge in [-0.3, -0.25) is 14.9 Å². The van der Waals surface area contributed by atoms with Gasteiger partial charge < -0.3 is 10.3 Å². The lowest BCUT2D eigenvalue weighted by atomic mass is 10.1. The minimum atomic E-state index is -0.661. The Bertz CT molecular complexity index is 925. The Labute approximate surface area is 148 Å². The number of nitrogens with zero attached hydrogens (tertiary/aromatic N) is 1. The molecule has 0 fully saturated rings. The number of fused-ring (bicyclic) bond motifs is 1. The van der Waals surface area contributed by atoms with Crippen molar-refractivity contribution in [1.82, 2.24) is 15.0 Å². The van der Waals surface area contributed by atoms with E-state index in [9.17, 15) is 14.9 Å². The van der Waals surface area contributed by atoms with Crippen molar-refractivity contribution in [2.24, 2.45) is 0 Å². The number of nitro groups is 1. The molecule has 3 aromatic rings. The van der Waals surface area contributed by atoms with Crippen molar-refractivity contribution in [2.75, 3.05) is 7.05 Å². The lowest BCUT2D eigenvalue weighted by molar-refractivity contribution is -0.387. The summed E-state index contributed by atoms with van der Waals surface area (Å²) in [6.45, 7) is 0. The third-order valence-electron chi connectivity index (χ3n) is 3.79. The Morgan fingerprint density at radius 1 is 1.20 bits per heavy atom. The fourth-order valence-corrected chi connectivity index (χ4v) is 3.42. The highest BCUT2D eigenvalue weighted by molar-refractivity contribution is 7.97. The van der Waals surface area contributed by atoms with Crippen LogP contribution in [-0.2, 0) is 4.79 Å². The minimum Gasteiger partial charge on any atom is -0.361 e. The summed E-state index contributed by atoms with van der Waals surface area (Å²) in [6, 6.07) is 13.4. The molecule has 3 rings (SSSR count). The lowest BCUT2D eigenvalue weighted by Gasteiger charge is -2.16. The normalized spacial score (nSPS) is 12.0. The second kappa shape index (κ2) is 7.37. The number of H-pyrrole nitrogens is 1. The summed E-state index contributed by atoms with van der Waals surface area (Å²) in [5.41, 5.74) is 1.69. The molecular weight excluding hydrogens is 340 g/mol. The van der Waals surface area contributed by atoms with Crippen LogP contribution in [0.4, 0.5) is 5.69 Å². The van der Waals surface area contributed by atoms with Crippen molar-refractivity contribution in [3.8, 4) is 0 Å². The Morgan fingerprint density at radius 2 is 1.92 bits per heavy atom. The average Bonchev–Trinajstić information content (AvgIpc) is 3.06. The number of nitrogens with one attached hydrogen (secondary N) is 3. The fourth-order valence-electron chi connectivity index (χ4n) is 2.55. The first kappa shape index (κ1) is 17.0. The predicted octanol–water partition coefficient (Wildman–Crippen LogP) is 3.16. The van der Waals surface area contributed by atoms with E-state index in [1.54, 1.807) is 31.4 Å². The van der Waals surface area contributed by atoms with Gasteiger partial charge in [0.15, 0.2) is 0 Å². The third-order valence-corrected chi connectivity index (χ3v) is 4.71. The molecule has 0 aliphatic heterocycles. The molecule has 8 heteroatoms. The van der Waals surface area contributed by atoms with Gasteiger partial charge in [-0.2, -0.15) is 0 Å². The molecule has 3 N–H and O–H groups in total. The highest BCUT2D eigenvalue weighted by atomic mass is 32.2. The number of hydrogen-bond donors (Lipinski definition) is 3. The second-order valence-electron chi connectivity index (χ2n) is 5.28. The Morgan fingerprint density at radius 3 is 2.68 bits per heavy atom. The largest absolute Gasteiger partial charge is 0.361 e. The van der Waals surface area contributed by atoms with Crippen LogP contribution in [0.5, 0.6) is 0 Å². The summed E-state index contributed by atoms with van der Waals surface area (Å²) in [5, 5.41) is 14.7. The van der Waals surface area contributed by atoms with E-state index in [2.05, 4.69) is 15.0 Å². The first-order valence-corrected chi connectivity index (χ1v) is 8.37. The zero-order valence-corrected chi connectivity index (χ0v) is 14.2. The van der Waals surface area contributed by atoms with Crippen LogP contribution in [0.1, 0.15) is 11.6 Å². The van der Waals surface area contributed by atoms with E-state index in [1.165, 1.54) is 6.07 Å². The molecule has 1 heterocycles. The maximum absolute atomic E-state index is 12.4. The first-order valence-electron chi connectivity index (χ1n) is 7.55. The van der Waals surface area contributed by atoms with Gasteiger partial charge in [-0.05, 0) is 24.1 Å². The van der Waals surface area contributed by atoms with Gasteiger partial charge >= 0.3 is 0 Å². The summed E-state index contributed by atoms with van der Waals surface area (Å²) in [5.74, 6) is -0.226. The molecular formula is C17H16N4O3S. The quantitative estimate of drug-likeness (QED) is 0.358. The molecule has 1 atom stereocenters. The van der Waals surface area contributed by atoms with Crippen molar-refractivity contribution in [3.05, 3.63) is 70.4 Å². The van der Waals surface area contributed by atoms with Crippen molar-refractivity contribution >= 4 is 34.4 Å². The van der Waals surface area contributed by atoms with Crippen LogP contribution in [0.3, 0.4) is 0 Å². The molecule has 0 saturated heterocycles. The smallest absolute Gasteiger partial charge is 0.284 e. The van der Waals surface area contributed by atoms with Crippen LogP contribution in [0.2, 0.25) is 0 Å². The number of nitro benzene ring substituents is 1. The molecule has 1 aromatic heterocycles. The van der Waals surface area contributed by atoms with Gasteiger partial charge in [0.05, 0.1) is 4.92 Å². The minimum absolute atomic E-state index is 0.00502. The maximum atomic E-state index is 12.4. The van der Waals surface area contributed by atoms with Gasteiger partial charge in [-0.15, -0.1) is 0 Å². The van der Waals surface area contributed by atoms with E-state index in [-0.39, 0.29) is 11.6 Å². The summed E-state index contributed by atoms with van der Waals surface area (Å²) in [7, 11) is 1.56. The standard InChI is InChI=1S/C17H16N4O3S/c1-18-17(22)16(12-10-19-13-7-3-2-6-11(12)13)20-25-15-9-5-4-8-14(15)21(23)24/h2-10,16,19-20H,1H3,(H,18,22)/t16-/m0/s1. The number of rotatable bonds is 6. The van der Waals surface area contributed by atoms with Crippen molar-refractivity contribution in [3.63, 3.8) is 0 Å². The van der Waals surface area contributed by atoms with Crippen molar-refractivity contribution in [1.29, 1.82) is 0 Å². The maximum Gasteiger partial charge on any atom is 0.284 e. The van der Waals surface area contributed by atoms with Crippen molar-refractivity contribution in [2.45, 2.75) is 10.9 Å². The zero-order chi connectivity index (χ0) is 17.8. The third kappa shape index (κ3) is 3.49. The van der Waals surface area contributed by atoms with E-state index in [0.29, 0.717) is 4.90 Å². The predicted molar refractivity (Wildman–Crippen MR) is 97.2 cm³/mol. The van der Waals surface area contributed by atoms with E-state index >= 15 is 0 Å². The monoisotopic (exact) mass is 356 g/mol. The molecule has 7 nitrogen and oxygen atoms in total. The number of benzene rings is 2. The van der Waals surface area contributed by atoms with Crippen LogP contribution in [0.25, 0.3) is 10.9 Å². The van der Waals surface area contributed by atoms with Gasteiger partial charge in [-0.1, -0.05) is 30.3 Å². The molecule has 0 bridgehead atoms. The first-order chi connectivity index (χ1) is 12.1. The van der Waals surface area contributed by atoms with Gasteiger partial charge in [0.2, 0.25) is 5.91 Å². The number of amides is 1. The Kier molecular flexibility index (Phi) is 5.01. The van der Waals surface area contributed by atoms with E-state index in [0.717, 1.165) is 28.4 Å². The van der Waals surface area contributed by atoms with Gasteiger partial charge in [0, 0.05) is 35.8 Å². The molecule has 0 radical (unpaired) electrons. The average molecular weight is 356 g/mol. The SMILES string of the molecule is CNC(=O)[C@@H](NSc1ccccc1[N+](=O)[O-])c1c[nH]c2ccccc12. The molecule has 0 aliphatic carbocycles. The topological polar surface area (TPSA) is 100 Å². The van der Waals surface area contributed by atoms with Crippen LogP contribution in [-0.4, -0.2) is 22.9 Å². The number of para-hydroxylation sites is 2. The Hall–Kier alpha value is -2.84. The van der Waals surface area contributed by atoms with E-state index < -0.39 is 11.0 Å².